The first-order valence-corrected chi connectivity index (χ1v) is 10.4. The van der Waals surface area contributed by atoms with Gasteiger partial charge in [-0.2, -0.15) is 5.10 Å². The van der Waals surface area contributed by atoms with Gasteiger partial charge in [-0.25, -0.2) is 4.52 Å². The summed E-state index contributed by atoms with van der Waals surface area (Å²) in [5, 5.41) is 8.22. The molecule has 0 unspecified atom stereocenters. The maximum atomic E-state index is 13.0. The number of aryl methyl sites for hydroxylation is 1. The minimum atomic E-state index is -0.236. The minimum Gasteiger partial charge on any atom is -0.348 e. The average Bonchev–Trinajstić information content (AvgIpc) is 3.43. The number of nitrogens with one attached hydrogen (secondary N) is 2. The van der Waals surface area contributed by atoms with E-state index in [4.69, 9.17) is 11.6 Å². The molecule has 6 nitrogen and oxygen atoms in total. The van der Waals surface area contributed by atoms with Crippen LogP contribution in [0.15, 0.2) is 29.2 Å². The van der Waals surface area contributed by atoms with Crippen LogP contribution >= 0.6 is 11.6 Å². The first-order valence-electron chi connectivity index (χ1n) is 9.99. The van der Waals surface area contributed by atoms with Crippen molar-refractivity contribution in [2.75, 3.05) is 0 Å². The second kappa shape index (κ2) is 7.34. The summed E-state index contributed by atoms with van der Waals surface area (Å²) >= 11 is 6.12. The highest BCUT2D eigenvalue weighted by Gasteiger charge is 2.34. The van der Waals surface area contributed by atoms with Crippen LogP contribution in [-0.4, -0.2) is 26.5 Å². The summed E-state index contributed by atoms with van der Waals surface area (Å²) in [6.45, 7) is 8.01. The quantitative estimate of drug-likeness (QED) is 0.655. The Labute approximate surface area is 174 Å². The maximum Gasteiger partial charge on any atom is 0.274 e. The van der Waals surface area contributed by atoms with E-state index in [1.165, 1.54) is 0 Å². The zero-order chi connectivity index (χ0) is 20.9. The van der Waals surface area contributed by atoms with E-state index in [0.717, 1.165) is 29.5 Å². The molecule has 1 fully saturated rings. The van der Waals surface area contributed by atoms with Gasteiger partial charge in [0, 0.05) is 16.6 Å². The number of carbonyl (C=O) groups is 1. The summed E-state index contributed by atoms with van der Waals surface area (Å²) in [5.74, 6) is 0.302. The van der Waals surface area contributed by atoms with E-state index in [1.54, 1.807) is 16.8 Å². The van der Waals surface area contributed by atoms with Crippen LogP contribution in [0.5, 0.6) is 0 Å². The molecule has 0 spiro atoms. The number of rotatable bonds is 5. The number of aromatic nitrogens is 3. The fraction of sp³-hybridized carbons (Fsp3) is 0.409. The fourth-order valence-electron chi connectivity index (χ4n) is 3.43. The largest absolute Gasteiger partial charge is 0.348 e. The number of carbonyl (C=O) groups excluding carboxylic acids is 1. The Balaban J connectivity index is 1.83. The second-order valence-corrected chi connectivity index (χ2v) is 8.70. The number of halogens is 1. The monoisotopic (exact) mass is 412 g/mol. The molecule has 1 aliphatic rings. The van der Waals surface area contributed by atoms with Crippen molar-refractivity contribution in [2.24, 2.45) is 5.92 Å². The highest BCUT2D eigenvalue weighted by Crippen LogP contribution is 2.43. The Morgan fingerprint density at radius 2 is 2.03 bits per heavy atom. The number of hydrogen-bond acceptors (Lipinski definition) is 3. The van der Waals surface area contributed by atoms with Crippen molar-refractivity contribution >= 4 is 23.0 Å². The second-order valence-electron chi connectivity index (χ2n) is 8.30. The molecule has 2 aromatic heterocycles. The van der Waals surface area contributed by atoms with E-state index < -0.39 is 0 Å². The van der Waals surface area contributed by atoms with E-state index in [1.807, 2.05) is 26.0 Å². The van der Waals surface area contributed by atoms with Crippen molar-refractivity contribution in [3.05, 3.63) is 56.6 Å². The number of hydrogen-bond donors (Lipinski definition) is 2. The van der Waals surface area contributed by atoms with Crippen LogP contribution < -0.4 is 10.9 Å². The van der Waals surface area contributed by atoms with Crippen molar-refractivity contribution < 1.29 is 4.79 Å². The predicted octanol–water partition coefficient (Wildman–Crippen LogP) is 4.30. The van der Waals surface area contributed by atoms with Crippen molar-refractivity contribution in [2.45, 2.75) is 52.5 Å². The van der Waals surface area contributed by atoms with E-state index in [9.17, 15) is 9.59 Å². The van der Waals surface area contributed by atoms with Crippen LogP contribution in [-0.2, 0) is 0 Å². The molecular formula is C22H25ClN4O2. The number of benzene rings is 1. The molecule has 0 saturated heterocycles. The number of nitrogens with zero attached hydrogens (tertiary/aromatic N) is 2. The Kier molecular flexibility index (Phi) is 4.99. The first-order chi connectivity index (χ1) is 13.8. The SMILES string of the molecule is Cc1cc(-c2cn3nc(C(=O)N[C@H](C)C(C)C)c(C4CC4)c3c(=O)[nH]2)ccc1Cl. The summed E-state index contributed by atoms with van der Waals surface area (Å²) in [7, 11) is 0. The van der Waals surface area contributed by atoms with Crippen LogP contribution in [0.1, 0.15) is 61.1 Å². The highest BCUT2D eigenvalue weighted by atomic mass is 35.5. The molecule has 1 amide bonds. The van der Waals surface area contributed by atoms with E-state index in [0.29, 0.717) is 27.8 Å². The molecule has 152 valence electrons. The lowest BCUT2D eigenvalue weighted by Gasteiger charge is -2.16. The van der Waals surface area contributed by atoms with E-state index in [-0.39, 0.29) is 23.4 Å². The zero-order valence-corrected chi connectivity index (χ0v) is 17.8. The van der Waals surface area contributed by atoms with Gasteiger partial charge in [0.2, 0.25) is 0 Å². The summed E-state index contributed by atoms with van der Waals surface area (Å²) in [4.78, 5) is 28.8. The van der Waals surface area contributed by atoms with Gasteiger partial charge in [-0.1, -0.05) is 31.5 Å². The third-order valence-electron chi connectivity index (χ3n) is 5.69. The van der Waals surface area contributed by atoms with Gasteiger partial charge < -0.3 is 10.3 Å². The van der Waals surface area contributed by atoms with Gasteiger partial charge in [0.15, 0.2) is 5.69 Å². The molecule has 7 heteroatoms. The lowest BCUT2D eigenvalue weighted by molar-refractivity contribution is 0.0924. The van der Waals surface area contributed by atoms with Crippen molar-refractivity contribution in [1.82, 2.24) is 19.9 Å². The van der Waals surface area contributed by atoms with Crippen LogP contribution in [0.3, 0.4) is 0 Å². The Hall–Kier alpha value is -2.60. The molecule has 1 aromatic carbocycles. The Morgan fingerprint density at radius 1 is 1.31 bits per heavy atom. The van der Waals surface area contributed by atoms with Gasteiger partial charge in [0.25, 0.3) is 11.5 Å². The topological polar surface area (TPSA) is 79.3 Å². The highest BCUT2D eigenvalue weighted by molar-refractivity contribution is 6.31. The van der Waals surface area contributed by atoms with Gasteiger partial charge in [0.1, 0.15) is 5.52 Å². The average molecular weight is 413 g/mol. The number of fused-ring (bicyclic) bond motifs is 1. The molecule has 1 saturated carbocycles. The molecule has 0 aliphatic heterocycles. The molecule has 0 bridgehead atoms. The normalized spacial score (nSPS) is 15.1. The summed E-state index contributed by atoms with van der Waals surface area (Å²) in [5.41, 5.74) is 3.74. The maximum absolute atomic E-state index is 13.0. The lowest BCUT2D eigenvalue weighted by atomic mass is 10.1. The zero-order valence-electron chi connectivity index (χ0n) is 17.0. The summed E-state index contributed by atoms with van der Waals surface area (Å²) in [6.07, 6.45) is 3.71. The number of amides is 1. The summed E-state index contributed by atoms with van der Waals surface area (Å²) < 4.78 is 1.56. The molecule has 2 heterocycles. The van der Waals surface area contributed by atoms with Crippen LogP contribution in [0, 0.1) is 12.8 Å². The van der Waals surface area contributed by atoms with Gasteiger partial charge >= 0.3 is 0 Å². The minimum absolute atomic E-state index is 0.0188. The van der Waals surface area contributed by atoms with Crippen LogP contribution in [0.25, 0.3) is 16.8 Å². The van der Waals surface area contributed by atoms with Crippen molar-refractivity contribution in [1.29, 1.82) is 0 Å². The number of H-pyrrole nitrogens is 1. The van der Waals surface area contributed by atoms with E-state index in [2.05, 4.69) is 29.2 Å². The molecule has 1 aliphatic carbocycles. The van der Waals surface area contributed by atoms with Gasteiger partial charge in [-0.3, -0.25) is 9.59 Å². The molecule has 2 N–H and O–H groups in total. The van der Waals surface area contributed by atoms with Gasteiger partial charge in [-0.15, -0.1) is 0 Å². The van der Waals surface area contributed by atoms with Crippen molar-refractivity contribution in [3.63, 3.8) is 0 Å². The predicted molar refractivity (Wildman–Crippen MR) is 115 cm³/mol. The Morgan fingerprint density at radius 3 is 2.66 bits per heavy atom. The lowest BCUT2D eigenvalue weighted by Crippen LogP contribution is -2.36. The Bertz CT molecular complexity index is 1160. The third kappa shape index (κ3) is 3.69. The molecule has 1 atom stereocenters. The van der Waals surface area contributed by atoms with E-state index >= 15 is 0 Å². The summed E-state index contributed by atoms with van der Waals surface area (Å²) in [6, 6.07) is 5.60. The standard InChI is InChI=1S/C22H25ClN4O2/c1-11(2)13(4)24-21(28)19-18(14-5-6-14)20-22(29)25-17(10-27(20)26-19)15-7-8-16(23)12(3)9-15/h7-11,13-14H,5-6H2,1-4H3,(H,24,28)(H,25,29)/t13-/m1/s1. The molecule has 3 aromatic rings. The van der Waals surface area contributed by atoms with Crippen LogP contribution in [0.2, 0.25) is 5.02 Å². The molecule has 4 rings (SSSR count). The van der Waals surface area contributed by atoms with Crippen LogP contribution in [0.4, 0.5) is 0 Å². The van der Waals surface area contributed by atoms with Crippen molar-refractivity contribution in [3.8, 4) is 11.3 Å². The van der Waals surface area contributed by atoms with Gasteiger partial charge in [-0.05, 0) is 61.8 Å². The fourth-order valence-corrected chi connectivity index (χ4v) is 3.55. The molecule has 29 heavy (non-hydrogen) atoms. The molecular weight excluding hydrogens is 388 g/mol. The molecule has 0 radical (unpaired) electrons. The third-order valence-corrected chi connectivity index (χ3v) is 6.11. The number of aromatic amines is 1. The first kappa shape index (κ1) is 19.7. The smallest absolute Gasteiger partial charge is 0.274 e. The van der Waals surface area contributed by atoms with Gasteiger partial charge in [0.05, 0.1) is 11.9 Å².